The minimum Gasteiger partial charge on any atom is -0.500 e. The second-order valence-corrected chi connectivity index (χ2v) is 27.0. The van der Waals surface area contributed by atoms with Crippen LogP contribution in [0.3, 0.4) is 0 Å². The van der Waals surface area contributed by atoms with E-state index in [-0.39, 0.29) is 31.8 Å². The molecule has 0 aliphatic rings. The molecule has 8 rings (SSSR count). The van der Waals surface area contributed by atoms with Gasteiger partial charge in [-0.25, -0.2) is 0 Å². The molecule has 4 aromatic heterocycles. The van der Waals surface area contributed by atoms with E-state index in [2.05, 4.69) is 124 Å². The Morgan fingerprint density at radius 3 is 2.23 bits per heavy atom. The van der Waals surface area contributed by atoms with Crippen molar-refractivity contribution in [2.45, 2.75) is 78.1 Å². The minimum atomic E-state index is -1.86. The second-order valence-electron chi connectivity index (χ2n) is 16.4. The molecule has 0 saturated heterocycles. The molecule has 56 heavy (non-hydrogen) atoms. The van der Waals surface area contributed by atoms with Crippen LogP contribution >= 0.6 is 0 Å². The Labute approximate surface area is 346 Å². The third kappa shape index (κ3) is 8.18. The molecule has 1 radical (unpaired) electrons. The molecule has 8 aromatic rings. The van der Waals surface area contributed by atoms with E-state index in [4.69, 9.17) is 14.4 Å². The van der Waals surface area contributed by atoms with Crippen LogP contribution in [0.25, 0.3) is 61.3 Å². The van der Waals surface area contributed by atoms with Crippen LogP contribution < -0.4 is 4.40 Å². The summed E-state index contributed by atoms with van der Waals surface area (Å²) in [6.07, 6.45) is 4.98. The fourth-order valence-electron chi connectivity index (χ4n) is 7.60. The molecule has 0 N–H and O–H groups in total. The number of furan rings is 1. The van der Waals surface area contributed by atoms with Crippen molar-refractivity contribution < 1.29 is 28.9 Å². The summed E-state index contributed by atoms with van der Waals surface area (Å²) in [5, 5.41) is 1.06. The zero-order valence-electron chi connectivity index (χ0n) is 33.9. The van der Waals surface area contributed by atoms with Crippen molar-refractivity contribution in [3.8, 4) is 28.3 Å². The van der Waals surface area contributed by atoms with Gasteiger partial charge in [0.2, 0.25) is 0 Å². The van der Waals surface area contributed by atoms with E-state index < -0.39 is 13.3 Å². The number of imidazole rings is 1. The van der Waals surface area contributed by atoms with Gasteiger partial charge in [-0.2, -0.15) is 0 Å². The number of fused-ring (bicyclic) bond motifs is 4. The smallest absolute Gasteiger partial charge is 0.124 e. The Hall–Kier alpha value is -4.43. The number of hydrogen-bond acceptors (Lipinski definition) is 4. The maximum absolute atomic E-state index is 15.2. The van der Waals surface area contributed by atoms with Crippen molar-refractivity contribution in [1.82, 2.24) is 19.5 Å². The van der Waals surface area contributed by atoms with E-state index in [9.17, 15) is 0 Å². The van der Waals surface area contributed by atoms with Gasteiger partial charge >= 0.3 is 126 Å². The summed E-state index contributed by atoms with van der Waals surface area (Å²) in [7, 11) is 0. The summed E-state index contributed by atoms with van der Waals surface area (Å²) in [6, 6.07) is 32.4. The van der Waals surface area contributed by atoms with Crippen LogP contribution in [0.2, 0.25) is 17.3 Å². The third-order valence-electron chi connectivity index (χ3n) is 10.1. The number of aryl methyl sites for hydroxylation is 3. The molecular formula is C48H49FGeIrN4O-2. The minimum absolute atomic E-state index is 0. The van der Waals surface area contributed by atoms with Crippen LogP contribution in [0.4, 0.5) is 4.39 Å². The van der Waals surface area contributed by atoms with Crippen molar-refractivity contribution in [3.05, 3.63) is 137 Å². The average molecular weight is 982 g/mol. The van der Waals surface area contributed by atoms with Gasteiger partial charge in [-0.3, -0.25) is 14.4 Å². The van der Waals surface area contributed by atoms with Crippen LogP contribution in [0.1, 0.15) is 61.6 Å². The normalized spacial score (nSPS) is 11.7. The van der Waals surface area contributed by atoms with Gasteiger partial charge in [0.25, 0.3) is 0 Å². The Morgan fingerprint density at radius 1 is 0.857 bits per heavy atom. The van der Waals surface area contributed by atoms with Gasteiger partial charge in [-0.05, 0) is 55.3 Å². The van der Waals surface area contributed by atoms with Crippen LogP contribution in [0.15, 0.2) is 95.7 Å². The third-order valence-corrected chi connectivity index (χ3v) is 14.4. The Kier molecular flexibility index (Phi) is 12.2. The molecule has 0 unspecified atom stereocenters. The number of para-hydroxylation sites is 2. The van der Waals surface area contributed by atoms with E-state index >= 15 is 4.39 Å². The first-order chi connectivity index (χ1) is 26.2. The number of benzene rings is 4. The van der Waals surface area contributed by atoms with Gasteiger partial charge in [0, 0.05) is 55.0 Å². The molecular weight excluding hydrogens is 932 g/mol. The molecule has 0 aliphatic carbocycles. The summed E-state index contributed by atoms with van der Waals surface area (Å²) in [5.41, 5.74) is 12.6. The second kappa shape index (κ2) is 16.6. The molecule has 0 aliphatic heterocycles. The number of pyridine rings is 2. The quantitative estimate of drug-likeness (QED) is 0.118. The topological polar surface area (TPSA) is 56.7 Å². The largest absolute Gasteiger partial charge is 0.500 e. The first kappa shape index (κ1) is 41.2. The van der Waals surface area contributed by atoms with Gasteiger partial charge in [-0.15, -0.1) is 12.1 Å². The van der Waals surface area contributed by atoms with Gasteiger partial charge in [0.15, 0.2) is 0 Å². The first-order valence-corrected chi connectivity index (χ1v) is 26.5. The number of rotatable bonds is 7. The standard InChI is InChI=1S/C30H25FN3O.C18H24GeN.Ir/c1-16(2)24-14-26-21(15-32-24)27-22(31)11-10-20(29(27)35-26)30-33-23-8-6-7-9-25(23)34(30)28-18(4)12-17(3)13-19(28)5;1-14(2)11-16-12-18(15-9-7-6-8-10-15)20-13-17(16)19(3,4)5;/h6-9,11-16H,1-5H3;6-9,12-14H,11H2,1-5H3;/q2*-1;. The summed E-state index contributed by atoms with van der Waals surface area (Å²) >= 11 is -1.86. The van der Waals surface area contributed by atoms with Crippen LogP contribution in [-0.2, 0) is 26.5 Å². The van der Waals surface area contributed by atoms with Crippen LogP contribution in [0, 0.1) is 44.6 Å². The summed E-state index contributed by atoms with van der Waals surface area (Å²) in [6.45, 7) is 15.0. The molecule has 0 atom stereocenters. The number of nitrogens with zero attached hydrogens (tertiary/aromatic N) is 4. The Balaban J connectivity index is 0.000000217. The zero-order chi connectivity index (χ0) is 39.2. The molecule has 0 fully saturated rings. The zero-order valence-corrected chi connectivity index (χ0v) is 38.4. The molecule has 289 valence electrons. The van der Waals surface area contributed by atoms with Crippen molar-refractivity contribution in [2.75, 3.05) is 0 Å². The molecule has 5 nitrogen and oxygen atoms in total. The summed E-state index contributed by atoms with van der Waals surface area (Å²) in [4.78, 5) is 14.2. The van der Waals surface area contributed by atoms with Gasteiger partial charge < -0.3 is 8.98 Å². The predicted molar refractivity (Wildman–Crippen MR) is 229 cm³/mol. The maximum atomic E-state index is 15.2. The fraction of sp³-hybridized carbons (Fsp3) is 0.271. The van der Waals surface area contributed by atoms with E-state index in [1.165, 1.54) is 17.2 Å². The number of aromatic nitrogens is 4. The van der Waals surface area contributed by atoms with Crippen molar-refractivity contribution >= 4 is 50.6 Å². The molecule has 4 heterocycles. The van der Waals surface area contributed by atoms with E-state index in [0.29, 0.717) is 39.2 Å². The predicted octanol–water partition coefficient (Wildman–Crippen LogP) is 12.3. The van der Waals surface area contributed by atoms with E-state index in [1.54, 1.807) is 10.6 Å². The number of halogens is 1. The summed E-state index contributed by atoms with van der Waals surface area (Å²) in [5.74, 6) is 8.52. The Morgan fingerprint density at radius 2 is 1.57 bits per heavy atom. The van der Waals surface area contributed by atoms with Crippen molar-refractivity contribution in [2.24, 2.45) is 5.92 Å². The Bertz CT molecular complexity index is 2650. The maximum Gasteiger partial charge on any atom is 0.124 e. The molecule has 0 amide bonds. The van der Waals surface area contributed by atoms with Gasteiger partial charge in [0.05, 0.1) is 22.4 Å². The van der Waals surface area contributed by atoms with Crippen LogP contribution in [0.5, 0.6) is 0 Å². The molecule has 4 aromatic carbocycles. The van der Waals surface area contributed by atoms with Gasteiger partial charge in [0.1, 0.15) is 5.58 Å². The van der Waals surface area contributed by atoms with E-state index in [0.717, 1.165) is 51.2 Å². The summed E-state index contributed by atoms with van der Waals surface area (Å²) < 4.78 is 25.2. The average Bonchev–Trinajstić information content (AvgIpc) is 3.71. The molecule has 0 saturated carbocycles. The molecule has 0 bridgehead atoms. The fourth-order valence-corrected chi connectivity index (χ4v) is 10.9. The van der Waals surface area contributed by atoms with Crippen LogP contribution in [-0.4, -0.2) is 32.8 Å². The number of hydrogen-bond donors (Lipinski definition) is 0. The molecule has 8 heteroatoms. The molecule has 0 spiro atoms. The van der Waals surface area contributed by atoms with Crippen molar-refractivity contribution in [1.29, 1.82) is 0 Å². The first-order valence-electron chi connectivity index (χ1n) is 19.2. The van der Waals surface area contributed by atoms with Crippen molar-refractivity contribution in [3.63, 3.8) is 0 Å². The monoisotopic (exact) mass is 983 g/mol. The SMILES string of the molecule is CC(C)Cc1cc(-c2[c-]cccc2)nc[c]1[Ge]([CH3])([CH3])[CH3].Cc1cc(C)c(-n2c(-c3[c-]cc(F)c4c3oc3cc(C(C)C)ncc34)nc3ccccc32)c(C)c1.[Ir]. The van der Waals surface area contributed by atoms with E-state index in [1.807, 2.05) is 42.5 Å². The van der Waals surface area contributed by atoms with Gasteiger partial charge in [-0.1, -0.05) is 49.2 Å².